The van der Waals surface area contributed by atoms with Gasteiger partial charge in [-0.1, -0.05) is 49.7 Å². The van der Waals surface area contributed by atoms with Gasteiger partial charge in [0.1, 0.15) is 6.04 Å². The molecule has 2 N–H and O–H groups in total. The topological polar surface area (TPSA) is 84.5 Å². The molecule has 1 heterocycles. The minimum atomic E-state index is -0.837. The highest BCUT2D eigenvalue weighted by Crippen LogP contribution is 2.14. The molecule has 0 aliphatic rings. The molecule has 2 aromatic rings. The fourth-order valence-corrected chi connectivity index (χ4v) is 3.06. The van der Waals surface area contributed by atoms with E-state index in [1.807, 2.05) is 6.07 Å². The molecule has 0 saturated carbocycles. The molecular weight excluding hydrogens is 388 g/mol. The van der Waals surface area contributed by atoms with Crippen LogP contribution in [0.15, 0.2) is 41.8 Å². The molecule has 0 spiro atoms. The van der Waals surface area contributed by atoms with E-state index in [4.69, 9.17) is 16.3 Å². The molecule has 0 bridgehead atoms. The Morgan fingerprint density at radius 3 is 2.52 bits per heavy atom. The number of ether oxygens (including phenoxy) is 1. The van der Waals surface area contributed by atoms with Gasteiger partial charge in [0.2, 0.25) is 0 Å². The van der Waals surface area contributed by atoms with E-state index in [0.717, 1.165) is 5.56 Å². The summed E-state index contributed by atoms with van der Waals surface area (Å²) >= 11 is 7.31. The third-order valence-electron chi connectivity index (χ3n) is 3.73. The summed E-state index contributed by atoms with van der Waals surface area (Å²) in [6.07, 6.45) is 0. The second-order valence-corrected chi connectivity index (χ2v) is 7.50. The van der Waals surface area contributed by atoms with Crippen LogP contribution in [0.25, 0.3) is 0 Å². The summed E-state index contributed by atoms with van der Waals surface area (Å²) in [5.41, 5.74) is 0.766. The molecule has 0 radical (unpaired) electrons. The summed E-state index contributed by atoms with van der Waals surface area (Å²) in [4.78, 5) is 36.9. The standard InChI is InChI=1S/C19H21ClN2O4S/c1-12(2)17(22-18(24)15-8-5-9-27-15)19(25)26-11-16(23)21-10-13-6-3-4-7-14(13)20/h3-9,12,17H,10-11H2,1-2H3,(H,21,23)(H,22,24)/t17-/m0/s1. The molecule has 0 unspecified atom stereocenters. The number of carbonyl (C=O) groups excluding carboxylic acids is 3. The van der Waals surface area contributed by atoms with E-state index in [2.05, 4.69) is 10.6 Å². The Morgan fingerprint density at radius 1 is 1.15 bits per heavy atom. The minimum absolute atomic E-state index is 0.187. The van der Waals surface area contributed by atoms with E-state index < -0.39 is 24.5 Å². The van der Waals surface area contributed by atoms with Gasteiger partial charge >= 0.3 is 5.97 Å². The van der Waals surface area contributed by atoms with E-state index in [0.29, 0.717) is 9.90 Å². The van der Waals surface area contributed by atoms with Gasteiger partial charge in [-0.3, -0.25) is 9.59 Å². The third kappa shape index (κ3) is 6.37. The number of halogens is 1. The van der Waals surface area contributed by atoms with E-state index >= 15 is 0 Å². The van der Waals surface area contributed by atoms with Crippen LogP contribution in [0, 0.1) is 5.92 Å². The van der Waals surface area contributed by atoms with Gasteiger partial charge in [0.15, 0.2) is 6.61 Å². The van der Waals surface area contributed by atoms with Crippen LogP contribution >= 0.6 is 22.9 Å². The highest BCUT2D eigenvalue weighted by molar-refractivity contribution is 7.12. The zero-order valence-corrected chi connectivity index (χ0v) is 16.6. The fraction of sp³-hybridized carbons (Fsp3) is 0.316. The average Bonchev–Trinajstić information content (AvgIpc) is 3.18. The molecule has 2 rings (SSSR count). The maximum Gasteiger partial charge on any atom is 0.329 e. The van der Waals surface area contributed by atoms with E-state index in [9.17, 15) is 14.4 Å². The predicted molar refractivity (Wildman–Crippen MR) is 105 cm³/mol. The molecule has 2 amide bonds. The summed E-state index contributed by atoms with van der Waals surface area (Å²) in [5, 5.41) is 7.62. The van der Waals surface area contributed by atoms with E-state index in [1.54, 1.807) is 49.6 Å². The first kappa shape index (κ1) is 20.9. The van der Waals surface area contributed by atoms with Crippen molar-refractivity contribution in [3.05, 3.63) is 57.2 Å². The number of thiophene rings is 1. The zero-order valence-electron chi connectivity index (χ0n) is 15.0. The molecule has 0 aliphatic carbocycles. The molecule has 8 heteroatoms. The number of hydrogen-bond donors (Lipinski definition) is 2. The Labute approximate surface area is 166 Å². The van der Waals surface area contributed by atoms with Crippen molar-refractivity contribution in [2.24, 2.45) is 5.92 Å². The monoisotopic (exact) mass is 408 g/mol. The van der Waals surface area contributed by atoms with Crippen LogP contribution in [-0.2, 0) is 20.9 Å². The molecule has 1 aromatic heterocycles. The van der Waals surface area contributed by atoms with Crippen LogP contribution in [0.1, 0.15) is 29.1 Å². The quantitative estimate of drug-likeness (QED) is 0.657. The minimum Gasteiger partial charge on any atom is -0.454 e. The smallest absolute Gasteiger partial charge is 0.329 e. The maximum absolute atomic E-state index is 12.3. The van der Waals surface area contributed by atoms with Gasteiger partial charge in [0.25, 0.3) is 11.8 Å². The first-order valence-electron chi connectivity index (χ1n) is 8.39. The average molecular weight is 409 g/mol. The molecule has 1 atom stereocenters. The lowest BCUT2D eigenvalue weighted by molar-refractivity contribution is -0.151. The first-order chi connectivity index (χ1) is 12.9. The Balaban J connectivity index is 1.83. The second-order valence-electron chi connectivity index (χ2n) is 6.15. The van der Waals surface area contributed by atoms with Gasteiger partial charge in [0, 0.05) is 11.6 Å². The van der Waals surface area contributed by atoms with Crippen molar-refractivity contribution in [2.75, 3.05) is 6.61 Å². The van der Waals surface area contributed by atoms with Gasteiger partial charge in [-0.2, -0.15) is 0 Å². The molecule has 144 valence electrons. The van der Waals surface area contributed by atoms with E-state index in [-0.39, 0.29) is 18.4 Å². The summed E-state index contributed by atoms with van der Waals surface area (Å²) in [6, 6.07) is 9.73. The maximum atomic E-state index is 12.3. The Kier molecular flexibility index (Phi) is 7.82. The second kappa shape index (κ2) is 10.1. The predicted octanol–water partition coefficient (Wildman–Crippen LogP) is 3.02. The third-order valence-corrected chi connectivity index (χ3v) is 4.97. The summed E-state index contributed by atoms with van der Waals surface area (Å²) in [6.45, 7) is 3.39. The van der Waals surface area contributed by atoms with Crippen molar-refractivity contribution < 1.29 is 19.1 Å². The van der Waals surface area contributed by atoms with E-state index in [1.165, 1.54) is 11.3 Å². The number of esters is 1. The largest absolute Gasteiger partial charge is 0.454 e. The number of carbonyl (C=O) groups is 3. The lowest BCUT2D eigenvalue weighted by atomic mass is 10.0. The number of nitrogens with one attached hydrogen (secondary N) is 2. The highest BCUT2D eigenvalue weighted by atomic mass is 35.5. The molecule has 0 fully saturated rings. The zero-order chi connectivity index (χ0) is 19.8. The van der Waals surface area contributed by atoms with Gasteiger partial charge in [0.05, 0.1) is 4.88 Å². The summed E-state index contributed by atoms with van der Waals surface area (Å²) in [7, 11) is 0. The number of amides is 2. The van der Waals surface area contributed by atoms with Gasteiger partial charge in [-0.25, -0.2) is 4.79 Å². The molecular formula is C19H21ClN2O4S. The van der Waals surface area contributed by atoms with Crippen molar-refractivity contribution in [1.29, 1.82) is 0 Å². The fourth-order valence-electron chi connectivity index (χ4n) is 2.23. The van der Waals surface area contributed by atoms with Crippen molar-refractivity contribution in [2.45, 2.75) is 26.4 Å². The Morgan fingerprint density at radius 2 is 1.89 bits per heavy atom. The lowest BCUT2D eigenvalue weighted by Gasteiger charge is -2.20. The number of hydrogen-bond acceptors (Lipinski definition) is 5. The molecule has 6 nitrogen and oxygen atoms in total. The van der Waals surface area contributed by atoms with Crippen LogP contribution in [0.4, 0.5) is 0 Å². The van der Waals surface area contributed by atoms with Crippen LogP contribution < -0.4 is 10.6 Å². The van der Waals surface area contributed by atoms with Gasteiger partial charge in [-0.15, -0.1) is 11.3 Å². The van der Waals surface area contributed by atoms with Gasteiger partial charge < -0.3 is 15.4 Å². The van der Waals surface area contributed by atoms with Crippen molar-refractivity contribution in [3.8, 4) is 0 Å². The number of benzene rings is 1. The molecule has 1 aromatic carbocycles. The van der Waals surface area contributed by atoms with Crippen LogP contribution in [0.2, 0.25) is 5.02 Å². The summed E-state index contributed by atoms with van der Waals surface area (Å²) in [5.74, 6) is -1.63. The first-order valence-corrected chi connectivity index (χ1v) is 9.65. The highest BCUT2D eigenvalue weighted by Gasteiger charge is 2.27. The van der Waals surface area contributed by atoms with Crippen LogP contribution in [0.3, 0.4) is 0 Å². The molecule has 0 aliphatic heterocycles. The molecule has 0 saturated heterocycles. The summed E-state index contributed by atoms with van der Waals surface area (Å²) < 4.78 is 5.07. The van der Waals surface area contributed by atoms with Gasteiger partial charge in [-0.05, 0) is 29.0 Å². The van der Waals surface area contributed by atoms with Crippen molar-refractivity contribution in [1.82, 2.24) is 10.6 Å². The lowest BCUT2D eigenvalue weighted by Crippen LogP contribution is -2.46. The SMILES string of the molecule is CC(C)[C@H](NC(=O)c1cccs1)C(=O)OCC(=O)NCc1ccccc1Cl. The normalized spacial score (nSPS) is 11.7. The number of rotatable bonds is 8. The van der Waals surface area contributed by atoms with Crippen molar-refractivity contribution >= 4 is 40.7 Å². The molecule has 27 heavy (non-hydrogen) atoms. The van der Waals surface area contributed by atoms with Crippen molar-refractivity contribution in [3.63, 3.8) is 0 Å². The Bertz CT molecular complexity index is 793. The van der Waals surface area contributed by atoms with Crippen LogP contribution in [0.5, 0.6) is 0 Å². The van der Waals surface area contributed by atoms with Crippen LogP contribution in [-0.4, -0.2) is 30.4 Å². The Hall–Kier alpha value is -2.38.